The van der Waals surface area contributed by atoms with Crippen LogP contribution in [0.5, 0.6) is 11.5 Å². The molecule has 3 aromatic rings. The minimum atomic E-state index is -0.542. The van der Waals surface area contributed by atoms with Crippen molar-refractivity contribution in [3.05, 3.63) is 83.7 Å². The van der Waals surface area contributed by atoms with Crippen molar-refractivity contribution in [2.24, 2.45) is 5.92 Å². The Morgan fingerprint density at radius 1 is 1.07 bits per heavy atom. The molecule has 40 heavy (non-hydrogen) atoms. The minimum Gasteiger partial charge on any atom is -0.497 e. The lowest BCUT2D eigenvalue weighted by Crippen LogP contribution is -2.36. The molecule has 2 aliphatic heterocycles. The number of ether oxygens (including phenoxy) is 2. The third-order valence-corrected chi connectivity index (χ3v) is 9.12. The van der Waals surface area contributed by atoms with Crippen LogP contribution in [0.4, 0.5) is 10.1 Å². The summed E-state index contributed by atoms with van der Waals surface area (Å²) in [7, 11) is 1.64. The molecule has 1 fully saturated rings. The molecule has 2 aliphatic rings. The number of aliphatic hydroxyl groups excluding tert-OH is 1. The fourth-order valence-corrected chi connectivity index (χ4v) is 6.98. The highest BCUT2D eigenvalue weighted by molar-refractivity contribution is 8.00. The third-order valence-electron chi connectivity index (χ3n) is 7.84. The summed E-state index contributed by atoms with van der Waals surface area (Å²) in [5.74, 6) is 1.42. The zero-order valence-corrected chi connectivity index (χ0v) is 23.9. The van der Waals surface area contributed by atoms with Crippen LogP contribution in [0.25, 0.3) is 0 Å². The number of anilines is 1. The standard InChI is InChI=1S/C32H37FN2O4S/c1-22(36)35-28-7-3-4-8-30(28)40-32(35)27-21-26(38-2)13-14-29(27)39-20-6-5-17-34-18-15-24(16-19-34)31(37)23-9-11-25(33)12-10-23/h3-4,7-14,21,24,31-32,37H,5-6,15-20H2,1-2H3. The van der Waals surface area contributed by atoms with E-state index in [-0.39, 0.29) is 23.0 Å². The van der Waals surface area contributed by atoms with Crippen LogP contribution in [0.3, 0.4) is 0 Å². The van der Waals surface area contributed by atoms with Crippen molar-refractivity contribution in [1.29, 1.82) is 0 Å². The largest absolute Gasteiger partial charge is 0.497 e. The number of likely N-dealkylation sites (tertiary alicyclic amines) is 1. The number of methoxy groups -OCH3 is 1. The lowest BCUT2D eigenvalue weighted by molar-refractivity contribution is -0.116. The average Bonchev–Trinajstić information content (AvgIpc) is 3.37. The normalized spacial score (nSPS) is 18.4. The predicted molar refractivity (Wildman–Crippen MR) is 156 cm³/mol. The maximum absolute atomic E-state index is 13.2. The van der Waals surface area contributed by atoms with Gasteiger partial charge in [0.15, 0.2) is 0 Å². The quantitative estimate of drug-likeness (QED) is 0.280. The number of hydrogen-bond donors (Lipinski definition) is 1. The Labute approximate surface area is 240 Å². The number of carbonyl (C=O) groups excluding carboxylic acids is 1. The summed E-state index contributed by atoms with van der Waals surface area (Å²) < 4.78 is 25.0. The summed E-state index contributed by atoms with van der Waals surface area (Å²) in [6, 6.07) is 20.0. The van der Waals surface area contributed by atoms with E-state index in [1.54, 1.807) is 37.9 Å². The monoisotopic (exact) mass is 564 g/mol. The lowest BCUT2D eigenvalue weighted by atomic mass is 9.87. The van der Waals surface area contributed by atoms with Gasteiger partial charge in [-0.25, -0.2) is 4.39 Å². The first-order valence-electron chi connectivity index (χ1n) is 14.0. The van der Waals surface area contributed by atoms with Gasteiger partial charge in [-0.15, -0.1) is 0 Å². The van der Waals surface area contributed by atoms with Gasteiger partial charge in [0.05, 0.1) is 25.5 Å². The van der Waals surface area contributed by atoms with Gasteiger partial charge >= 0.3 is 0 Å². The van der Waals surface area contributed by atoms with Gasteiger partial charge in [-0.1, -0.05) is 36.0 Å². The molecule has 3 aromatic carbocycles. The van der Waals surface area contributed by atoms with Crippen molar-refractivity contribution >= 4 is 23.4 Å². The van der Waals surface area contributed by atoms with Crippen molar-refractivity contribution in [1.82, 2.24) is 4.90 Å². The number of aliphatic hydroxyl groups is 1. The molecule has 0 bridgehead atoms. The van der Waals surface area contributed by atoms with E-state index in [0.29, 0.717) is 6.61 Å². The molecule has 1 N–H and O–H groups in total. The Bertz CT molecular complexity index is 1300. The number of thioether (sulfide) groups is 1. The number of para-hydroxylation sites is 1. The number of benzene rings is 3. The fraction of sp³-hybridized carbons (Fsp3) is 0.406. The van der Waals surface area contributed by atoms with Gasteiger partial charge in [0, 0.05) is 17.4 Å². The van der Waals surface area contributed by atoms with Gasteiger partial charge in [0.1, 0.15) is 22.7 Å². The molecule has 1 amide bonds. The molecule has 212 valence electrons. The molecule has 0 spiro atoms. The highest BCUT2D eigenvalue weighted by Crippen LogP contribution is 2.53. The van der Waals surface area contributed by atoms with E-state index in [0.717, 1.165) is 78.5 Å². The van der Waals surface area contributed by atoms with Gasteiger partial charge in [0.25, 0.3) is 0 Å². The SMILES string of the molecule is COc1ccc(OCCCCN2CCC(C(O)c3ccc(F)cc3)CC2)c(C2Sc3ccccc3N2C(C)=O)c1. The van der Waals surface area contributed by atoms with Crippen LogP contribution in [0.1, 0.15) is 55.2 Å². The van der Waals surface area contributed by atoms with Crippen molar-refractivity contribution in [3.63, 3.8) is 0 Å². The predicted octanol–water partition coefficient (Wildman–Crippen LogP) is 6.60. The van der Waals surface area contributed by atoms with E-state index in [1.807, 2.05) is 47.4 Å². The number of rotatable bonds is 10. The molecule has 0 aliphatic carbocycles. The number of amides is 1. The van der Waals surface area contributed by atoms with Crippen molar-refractivity contribution < 1.29 is 23.8 Å². The third kappa shape index (κ3) is 6.45. The number of piperidine rings is 1. The Kier molecular flexibility index (Phi) is 9.29. The number of fused-ring (bicyclic) bond motifs is 1. The number of nitrogens with zero attached hydrogens (tertiary/aromatic N) is 2. The van der Waals surface area contributed by atoms with Gasteiger partial charge in [-0.2, -0.15) is 0 Å². The van der Waals surface area contributed by atoms with Crippen LogP contribution in [0.15, 0.2) is 71.6 Å². The number of unbranched alkanes of at least 4 members (excludes halogenated alkanes) is 1. The second-order valence-corrected chi connectivity index (χ2v) is 11.6. The van der Waals surface area contributed by atoms with E-state index in [2.05, 4.69) is 4.90 Å². The molecular formula is C32H37FN2O4S. The van der Waals surface area contributed by atoms with E-state index in [9.17, 15) is 14.3 Å². The van der Waals surface area contributed by atoms with Crippen LogP contribution in [0, 0.1) is 11.7 Å². The molecule has 2 heterocycles. The van der Waals surface area contributed by atoms with E-state index in [1.165, 1.54) is 12.1 Å². The minimum absolute atomic E-state index is 0.00910. The highest BCUT2D eigenvalue weighted by Gasteiger charge is 2.36. The van der Waals surface area contributed by atoms with Crippen LogP contribution in [0.2, 0.25) is 0 Å². The van der Waals surface area contributed by atoms with Gasteiger partial charge in [-0.3, -0.25) is 9.69 Å². The average molecular weight is 565 g/mol. The molecule has 0 radical (unpaired) electrons. The maximum Gasteiger partial charge on any atom is 0.225 e. The molecule has 2 unspecified atom stereocenters. The molecule has 8 heteroatoms. The Morgan fingerprint density at radius 2 is 1.82 bits per heavy atom. The van der Waals surface area contributed by atoms with Crippen LogP contribution in [-0.4, -0.2) is 49.3 Å². The summed E-state index contributed by atoms with van der Waals surface area (Å²) in [4.78, 5) is 18.0. The number of hydrogen-bond acceptors (Lipinski definition) is 6. The second-order valence-electron chi connectivity index (χ2n) is 10.5. The molecule has 1 saturated heterocycles. The van der Waals surface area contributed by atoms with Gasteiger partial charge in [0.2, 0.25) is 5.91 Å². The second kappa shape index (κ2) is 13.1. The van der Waals surface area contributed by atoms with Crippen molar-refractivity contribution in [2.75, 3.05) is 38.3 Å². The van der Waals surface area contributed by atoms with Gasteiger partial charge < -0.3 is 19.5 Å². The smallest absolute Gasteiger partial charge is 0.225 e. The van der Waals surface area contributed by atoms with E-state index >= 15 is 0 Å². The Hall–Kier alpha value is -3.07. The summed E-state index contributed by atoms with van der Waals surface area (Å²) >= 11 is 1.65. The lowest BCUT2D eigenvalue weighted by Gasteiger charge is -2.34. The Morgan fingerprint density at radius 3 is 2.55 bits per heavy atom. The molecule has 6 nitrogen and oxygen atoms in total. The van der Waals surface area contributed by atoms with Gasteiger partial charge in [-0.05, 0) is 99.3 Å². The van der Waals surface area contributed by atoms with Crippen LogP contribution >= 0.6 is 11.8 Å². The topological polar surface area (TPSA) is 62.2 Å². The van der Waals surface area contributed by atoms with E-state index in [4.69, 9.17) is 9.47 Å². The zero-order chi connectivity index (χ0) is 28.1. The zero-order valence-electron chi connectivity index (χ0n) is 23.1. The first-order valence-corrected chi connectivity index (χ1v) is 14.8. The molecule has 0 saturated carbocycles. The van der Waals surface area contributed by atoms with E-state index < -0.39 is 6.10 Å². The maximum atomic E-state index is 13.2. The van der Waals surface area contributed by atoms with Crippen molar-refractivity contribution in [2.45, 2.75) is 49.0 Å². The summed E-state index contributed by atoms with van der Waals surface area (Å²) in [5, 5.41) is 10.5. The van der Waals surface area contributed by atoms with Crippen LogP contribution in [-0.2, 0) is 4.79 Å². The van der Waals surface area contributed by atoms with Crippen molar-refractivity contribution in [3.8, 4) is 11.5 Å². The first kappa shape index (κ1) is 28.5. The number of carbonyl (C=O) groups is 1. The number of halogens is 1. The summed E-state index contributed by atoms with van der Waals surface area (Å²) in [6.45, 7) is 5.08. The highest BCUT2D eigenvalue weighted by atomic mass is 32.2. The Balaban J connectivity index is 1.12. The molecular weight excluding hydrogens is 527 g/mol. The molecule has 0 aromatic heterocycles. The summed E-state index contributed by atoms with van der Waals surface area (Å²) in [6.07, 6.45) is 3.24. The fourth-order valence-electron chi connectivity index (χ4n) is 5.61. The van der Waals surface area contributed by atoms with Crippen LogP contribution < -0.4 is 14.4 Å². The summed E-state index contributed by atoms with van der Waals surface area (Å²) in [5.41, 5.74) is 2.64. The first-order chi connectivity index (χ1) is 19.4. The molecule has 2 atom stereocenters. The molecule has 5 rings (SSSR count).